The van der Waals surface area contributed by atoms with Gasteiger partial charge >= 0.3 is 0 Å². The Morgan fingerprint density at radius 1 is 0.688 bits per heavy atom. The Morgan fingerprint density at radius 2 is 1.56 bits per heavy atom. The maximum atomic E-state index is 3.34. The molecule has 0 bridgehead atoms. The third-order valence-corrected chi connectivity index (χ3v) is 3.23. The van der Waals surface area contributed by atoms with E-state index < -0.39 is 0 Å². The monoisotopic (exact) mass is 200 g/mol. The van der Waals surface area contributed by atoms with Crippen molar-refractivity contribution in [2.45, 2.75) is 0 Å². The fourth-order valence-electron chi connectivity index (χ4n) is 2.56. The molecule has 0 N–H and O–H groups in total. The van der Waals surface area contributed by atoms with Gasteiger partial charge in [0.1, 0.15) is 0 Å². The molecule has 0 heterocycles. The van der Waals surface area contributed by atoms with E-state index in [0.717, 1.165) is 0 Å². The highest BCUT2D eigenvalue weighted by atomic mass is 14.2. The zero-order valence-electron chi connectivity index (χ0n) is 8.62. The summed E-state index contributed by atoms with van der Waals surface area (Å²) in [6, 6.07) is 23.4. The van der Waals surface area contributed by atoms with E-state index >= 15 is 0 Å². The van der Waals surface area contributed by atoms with Crippen molar-refractivity contribution in [2.24, 2.45) is 0 Å². The number of hydrogen-bond acceptors (Lipinski definition) is 0. The van der Waals surface area contributed by atoms with Crippen molar-refractivity contribution >= 4 is 10.8 Å². The summed E-state index contributed by atoms with van der Waals surface area (Å²) in [6.45, 7) is 0. The minimum atomic E-state index is 1.19. The molecule has 0 heteroatoms. The Kier molecular flexibility index (Phi) is 1.39. The first kappa shape index (κ1) is 8.12. The quantitative estimate of drug-likeness (QED) is 0.401. The van der Waals surface area contributed by atoms with E-state index in [4.69, 9.17) is 0 Å². The Bertz CT molecular complexity index is 650. The molecule has 3 aromatic rings. The third-order valence-electron chi connectivity index (χ3n) is 3.23. The molecular weight excluding hydrogens is 192 g/mol. The number of rotatable bonds is 0. The predicted molar refractivity (Wildman–Crippen MR) is 66.1 cm³/mol. The maximum Gasteiger partial charge on any atom is -0.000785 e. The molecule has 0 nitrogen and oxygen atoms in total. The van der Waals surface area contributed by atoms with E-state index in [9.17, 15) is 0 Å². The van der Waals surface area contributed by atoms with Crippen LogP contribution in [0.3, 0.4) is 0 Å². The first-order chi connectivity index (χ1) is 7.95. The molecule has 72 valence electrons. The zero-order chi connectivity index (χ0) is 10.5. The predicted octanol–water partition coefficient (Wildman–Crippen LogP) is 4.09. The lowest BCUT2D eigenvalue weighted by molar-refractivity contribution is 1.68. The second-order valence-electron chi connectivity index (χ2n) is 4.08. The van der Waals surface area contributed by atoms with Crippen LogP contribution in [-0.4, -0.2) is 0 Å². The van der Waals surface area contributed by atoms with Crippen LogP contribution in [0.5, 0.6) is 0 Å². The molecule has 0 spiro atoms. The average Bonchev–Trinajstić information content (AvgIpc) is 2.68. The summed E-state index contributed by atoms with van der Waals surface area (Å²) in [5.74, 6) is 0. The molecular formula is C16H8. The Balaban J connectivity index is 2.31. The first-order valence-corrected chi connectivity index (χ1v) is 5.40. The first-order valence-electron chi connectivity index (χ1n) is 5.40. The van der Waals surface area contributed by atoms with Crippen molar-refractivity contribution < 1.29 is 0 Å². The Labute approximate surface area is 94.2 Å². The van der Waals surface area contributed by atoms with Crippen LogP contribution in [-0.2, 0) is 0 Å². The fourth-order valence-corrected chi connectivity index (χ4v) is 2.56. The lowest BCUT2D eigenvalue weighted by Gasteiger charge is -1.99. The van der Waals surface area contributed by atoms with Gasteiger partial charge < -0.3 is 0 Å². The van der Waals surface area contributed by atoms with E-state index in [1.54, 1.807) is 0 Å². The molecule has 1 aliphatic rings. The van der Waals surface area contributed by atoms with Gasteiger partial charge in [-0.15, -0.1) is 0 Å². The van der Waals surface area contributed by atoms with Gasteiger partial charge in [-0.05, 0) is 45.2 Å². The zero-order valence-corrected chi connectivity index (χ0v) is 8.62. The largest absolute Gasteiger partial charge is 0.0610 e. The van der Waals surface area contributed by atoms with Gasteiger partial charge in [0.05, 0.1) is 0 Å². The van der Waals surface area contributed by atoms with Crippen molar-refractivity contribution in [1.82, 2.24) is 0 Å². The van der Waals surface area contributed by atoms with Crippen molar-refractivity contribution in [1.29, 1.82) is 0 Å². The minimum absolute atomic E-state index is 1.19. The maximum absolute atomic E-state index is 3.34. The van der Waals surface area contributed by atoms with E-state index in [1.165, 1.54) is 33.0 Å². The van der Waals surface area contributed by atoms with E-state index in [-0.39, 0.29) is 0 Å². The summed E-state index contributed by atoms with van der Waals surface area (Å²) < 4.78 is 0. The highest BCUT2D eigenvalue weighted by molar-refractivity contribution is 6.14. The summed E-state index contributed by atoms with van der Waals surface area (Å²) in [5, 5.41) is 2.61. The minimum Gasteiger partial charge on any atom is -0.0610 e. The summed E-state index contributed by atoms with van der Waals surface area (Å²) in [6.07, 6.45) is 0. The second-order valence-corrected chi connectivity index (χ2v) is 4.08. The van der Waals surface area contributed by atoms with Gasteiger partial charge in [0.2, 0.25) is 0 Å². The Morgan fingerprint density at radius 3 is 2.56 bits per heavy atom. The highest BCUT2D eigenvalue weighted by Crippen LogP contribution is 2.45. The standard InChI is InChI=1S/C16H8/c1-2-8-13-12(7-1)14-9-3-5-11-6-4-10-15(13)16(11)14/h1-7,9H. The van der Waals surface area contributed by atoms with Crippen LogP contribution in [0, 0.1) is 12.1 Å². The molecule has 1 aliphatic carbocycles. The van der Waals surface area contributed by atoms with Gasteiger partial charge in [0.25, 0.3) is 0 Å². The molecule has 4 rings (SSSR count). The number of benzene rings is 3. The molecule has 3 aromatic carbocycles. The molecule has 0 saturated heterocycles. The second kappa shape index (κ2) is 2.73. The summed E-state index contributed by atoms with van der Waals surface area (Å²) in [4.78, 5) is 0. The molecule has 0 unspecified atom stereocenters. The van der Waals surface area contributed by atoms with Gasteiger partial charge in [-0.25, -0.2) is 0 Å². The van der Waals surface area contributed by atoms with Crippen LogP contribution in [0.25, 0.3) is 33.0 Å². The molecule has 0 saturated carbocycles. The van der Waals surface area contributed by atoms with E-state index in [2.05, 4.69) is 42.5 Å². The van der Waals surface area contributed by atoms with Crippen LogP contribution in [0.4, 0.5) is 0 Å². The van der Waals surface area contributed by atoms with Crippen LogP contribution < -0.4 is 0 Å². The van der Waals surface area contributed by atoms with Crippen molar-refractivity contribution in [3.05, 3.63) is 60.7 Å². The lowest BCUT2D eigenvalue weighted by Crippen LogP contribution is -1.74. The van der Waals surface area contributed by atoms with E-state index in [1.807, 2.05) is 18.2 Å². The average molecular weight is 200 g/mol. The van der Waals surface area contributed by atoms with Gasteiger partial charge in [0.15, 0.2) is 0 Å². The molecule has 0 atom stereocenters. The fraction of sp³-hybridized carbons (Fsp3) is 0. The summed E-state index contributed by atoms with van der Waals surface area (Å²) in [7, 11) is 0. The van der Waals surface area contributed by atoms with Crippen LogP contribution in [0.15, 0.2) is 48.5 Å². The molecule has 2 radical (unpaired) electrons. The lowest BCUT2D eigenvalue weighted by atomic mass is 10.0. The van der Waals surface area contributed by atoms with Gasteiger partial charge in [-0.2, -0.15) is 0 Å². The van der Waals surface area contributed by atoms with Crippen molar-refractivity contribution in [2.75, 3.05) is 0 Å². The molecule has 16 heavy (non-hydrogen) atoms. The van der Waals surface area contributed by atoms with Crippen LogP contribution >= 0.6 is 0 Å². The SMILES string of the molecule is [c]1cccc2c1-c1[c]ccc3cccc-2c13. The smallest absolute Gasteiger partial charge is 0.000785 e. The van der Waals surface area contributed by atoms with E-state index in [0.29, 0.717) is 0 Å². The molecule has 0 amide bonds. The number of hydrogen-bond donors (Lipinski definition) is 0. The van der Waals surface area contributed by atoms with Crippen LogP contribution in [0.2, 0.25) is 0 Å². The van der Waals surface area contributed by atoms with Crippen molar-refractivity contribution in [3.63, 3.8) is 0 Å². The highest BCUT2D eigenvalue weighted by Gasteiger charge is 2.19. The van der Waals surface area contributed by atoms with Crippen LogP contribution in [0.1, 0.15) is 0 Å². The normalized spacial score (nSPS) is 11.8. The molecule has 0 fully saturated rings. The summed E-state index contributed by atoms with van der Waals surface area (Å²) in [5.41, 5.74) is 4.99. The summed E-state index contributed by atoms with van der Waals surface area (Å²) >= 11 is 0. The third kappa shape index (κ3) is 0.849. The topological polar surface area (TPSA) is 0 Å². The Hall–Kier alpha value is -2.08. The molecule has 0 aliphatic heterocycles. The number of fused-ring (bicyclic) bond motifs is 3. The van der Waals surface area contributed by atoms with Gasteiger partial charge in [-0.1, -0.05) is 48.5 Å². The van der Waals surface area contributed by atoms with Gasteiger partial charge in [-0.3, -0.25) is 0 Å². The molecule has 0 aromatic heterocycles. The van der Waals surface area contributed by atoms with Gasteiger partial charge in [0, 0.05) is 0 Å². The van der Waals surface area contributed by atoms with Crippen molar-refractivity contribution in [3.8, 4) is 22.3 Å².